The van der Waals surface area contributed by atoms with E-state index < -0.39 is 0 Å². The van der Waals surface area contributed by atoms with Gasteiger partial charge in [0.25, 0.3) is 0 Å². The lowest BCUT2D eigenvalue weighted by Crippen LogP contribution is -2.50. The summed E-state index contributed by atoms with van der Waals surface area (Å²) < 4.78 is 14.5. The molecule has 0 saturated carbocycles. The number of nitrogens with one attached hydrogen (secondary N) is 1. The molecule has 4 rings (SSSR count). The van der Waals surface area contributed by atoms with Crippen molar-refractivity contribution in [3.63, 3.8) is 0 Å². The van der Waals surface area contributed by atoms with Gasteiger partial charge in [-0.15, -0.1) is 0 Å². The van der Waals surface area contributed by atoms with Crippen LogP contribution in [0, 0.1) is 5.82 Å². The molecule has 0 spiro atoms. The lowest BCUT2D eigenvalue weighted by Gasteiger charge is -2.36. The summed E-state index contributed by atoms with van der Waals surface area (Å²) in [4.78, 5) is 25.9. The molecule has 1 aliphatic rings. The van der Waals surface area contributed by atoms with Crippen molar-refractivity contribution in [1.82, 2.24) is 19.8 Å². The van der Waals surface area contributed by atoms with Gasteiger partial charge in [-0.1, -0.05) is 12.1 Å². The highest BCUT2D eigenvalue weighted by Gasteiger charge is 2.22. The summed E-state index contributed by atoms with van der Waals surface area (Å²) in [5.41, 5.74) is 3.10. The Bertz CT molecular complexity index is 958. The van der Waals surface area contributed by atoms with E-state index in [4.69, 9.17) is 0 Å². The van der Waals surface area contributed by atoms with Crippen molar-refractivity contribution in [1.29, 1.82) is 0 Å². The fourth-order valence-electron chi connectivity index (χ4n) is 3.56. The molecule has 1 aromatic heterocycles. The number of H-pyrrole nitrogens is 1. The van der Waals surface area contributed by atoms with Gasteiger partial charge in [0.05, 0.1) is 23.1 Å². The van der Waals surface area contributed by atoms with Crippen molar-refractivity contribution in [2.45, 2.75) is 0 Å². The van der Waals surface area contributed by atoms with Crippen LogP contribution in [0.15, 0.2) is 42.5 Å². The van der Waals surface area contributed by atoms with Crippen molar-refractivity contribution >= 4 is 22.6 Å². The molecule has 6 nitrogen and oxygen atoms in total. The van der Waals surface area contributed by atoms with Crippen LogP contribution in [0.3, 0.4) is 0 Å². The van der Waals surface area contributed by atoms with E-state index >= 15 is 0 Å². The molecule has 0 radical (unpaired) electrons. The number of rotatable bonds is 4. The largest absolute Gasteiger partial charge is 0.368 e. The molecule has 0 bridgehead atoms. The average molecular weight is 381 g/mol. The van der Waals surface area contributed by atoms with Gasteiger partial charge in [-0.25, -0.2) is 9.37 Å². The summed E-state index contributed by atoms with van der Waals surface area (Å²) in [7, 11) is 3.79. The second-order valence-corrected chi connectivity index (χ2v) is 7.37. The predicted octanol–water partition coefficient (Wildman–Crippen LogP) is 2.58. The zero-order chi connectivity index (χ0) is 19.7. The van der Waals surface area contributed by atoms with Crippen LogP contribution in [0.4, 0.5) is 10.1 Å². The first-order chi connectivity index (χ1) is 13.5. The van der Waals surface area contributed by atoms with Gasteiger partial charge in [0, 0.05) is 31.9 Å². The van der Waals surface area contributed by atoms with E-state index in [2.05, 4.69) is 14.9 Å². The molecule has 1 saturated heterocycles. The maximum atomic E-state index is 14.5. The van der Waals surface area contributed by atoms with Crippen LogP contribution in [-0.4, -0.2) is 72.5 Å². The van der Waals surface area contributed by atoms with Gasteiger partial charge in [0.2, 0.25) is 5.91 Å². The number of piperazine rings is 1. The Kier molecular flexibility index (Phi) is 5.00. The third-order valence-corrected chi connectivity index (χ3v) is 5.04. The SMILES string of the molecule is CN(C)CC(=O)N1CCN(c2ccc(F)c(-c3nc4ccccc4[nH]3)c2)CC1. The maximum absolute atomic E-state index is 14.5. The molecule has 7 heteroatoms. The van der Waals surface area contributed by atoms with E-state index in [1.165, 1.54) is 6.07 Å². The highest BCUT2D eigenvalue weighted by atomic mass is 19.1. The molecule has 1 N–H and O–H groups in total. The summed E-state index contributed by atoms with van der Waals surface area (Å²) >= 11 is 0. The van der Waals surface area contributed by atoms with Gasteiger partial charge < -0.3 is 19.7 Å². The third-order valence-electron chi connectivity index (χ3n) is 5.04. The molecule has 0 atom stereocenters. The lowest BCUT2D eigenvalue weighted by atomic mass is 10.1. The van der Waals surface area contributed by atoms with Crippen LogP contribution < -0.4 is 4.90 Å². The van der Waals surface area contributed by atoms with Crippen LogP contribution in [0.1, 0.15) is 0 Å². The van der Waals surface area contributed by atoms with Gasteiger partial charge in [0.15, 0.2) is 0 Å². The number of likely N-dealkylation sites (N-methyl/N-ethyl adjacent to an activating group) is 1. The third kappa shape index (κ3) is 3.71. The summed E-state index contributed by atoms with van der Waals surface area (Å²) in [6.07, 6.45) is 0. The first kappa shape index (κ1) is 18.4. The number of para-hydroxylation sites is 2. The molecule has 1 amide bonds. The van der Waals surface area contributed by atoms with Gasteiger partial charge in [-0.3, -0.25) is 4.79 Å². The number of aromatic amines is 1. The van der Waals surface area contributed by atoms with Crippen LogP contribution in [0.5, 0.6) is 0 Å². The Labute approximate surface area is 163 Å². The summed E-state index contributed by atoms with van der Waals surface area (Å²) in [6, 6.07) is 12.8. The highest BCUT2D eigenvalue weighted by molar-refractivity contribution is 5.80. The number of anilines is 1. The molecule has 3 aromatic rings. The Morgan fingerprint density at radius 2 is 1.89 bits per heavy atom. The number of hydrogen-bond acceptors (Lipinski definition) is 4. The van der Waals surface area contributed by atoms with Crippen molar-refractivity contribution < 1.29 is 9.18 Å². The van der Waals surface area contributed by atoms with Crippen molar-refractivity contribution in [3.05, 3.63) is 48.3 Å². The standard InChI is InChI=1S/C21H24FN5O/c1-25(2)14-20(28)27-11-9-26(10-12-27)15-7-8-17(22)16(13-15)21-23-18-5-3-4-6-19(18)24-21/h3-8,13H,9-12,14H2,1-2H3,(H,23,24). The minimum absolute atomic E-state index is 0.145. The van der Waals surface area contributed by atoms with Crippen LogP contribution in [0.2, 0.25) is 0 Å². The fraction of sp³-hybridized carbons (Fsp3) is 0.333. The maximum Gasteiger partial charge on any atom is 0.236 e. The van der Waals surface area contributed by atoms with Crippen LogP contribution >= 0.6 is 0 Å². The fourth-order valence-corrected chi connectivity index (χ4v) is 3.56. The summed E-state index contributed by atoms with van der Waals surface area (Å²) in [5, 5.41) is 0. The number of imidazole rings is 1. The zero-order valence-corrected chi connectivity index (χ0v) is 16.2. The van der Waals surface area contributed by atoms with Crippen LogP contribution in [0.25, 0.3) is 22.4 Å². The second kappa shape index (κ2) is 7.59. The average Bonchev–Trinajstić information content (AvgIpc) is 3.12. The smallest absolute Gasteiger partial charge is 0.236 e. The lowest BCUT2D eigenvalue weighted by molar-refractivity contribution is -0.132. The van der Waals surface area contributed by atoms with Crippen LogP contribution in [-0.2, 0) is 4.79 Å². The van der Waals surface area contributed by atoms with E-state index in [-0.39, 0.29) is 11.7 Å². The molecular formula is C21H24FN5O. The van der Waals surface area contributed by atoms with Crippen molar-refractivity contribution in [3.8, 4) is 11.4 Å². The Hall–Kier alpha value is -2.93. The molecular weight excluding hydrogens is 357 g/mol. The van der Waals surface area contributed by atoms with E-state index in [1.54, 1.807) is 6.07 Å². The zero-order valence-electron chi connectivity index (χ0n) is 16.2. The molecule has 28 heavy (non-hydrogen) atoms. The van der Waals surface area contributed by atoms with Gasteiger partial charge in [-0.05, 0) is 44.4 Å². The molecule has 1 fully saturated rings. The molecule has 146 valence electrons. The summed E-state index contributed by atoms with van der Waals surface area (Å²) in [6.45, 7) is 3.22. The number of carbonyl (C=O) groups excluding carboxylic acids is 1. The molecule has 0 unspecified atom stereocenters. The molecule has 0 aliphatic carbocycles. The van der Waals surface area contributed by atoms with Gasteiger partial charge >= 0.3 is 0 Å². The van der Waals surface area contributed by atoms with Gasteiger partial charge in [-0.2, -0.15) is 0 Å². The minimum Gasteiger partial charge on any atom is -0.368 e. The topological polar surface area (TPSA) is 55.5 Å². The van der Waals surface area contributed by atoms with E-state index in [1.807, 2.05) is 54.2 Å². The number of halogens is 1. The number of fused-ring (bicyclic) bond motifs is 1. The van der Waals surface area contributed by atoms with Crippen molar-refractivity contribution in [2.75, 3.05) is 51.7 Å². The van der Waals surface area contributed by atoms with E-state index in [0.717, 1.165) is 29.8 Å². The first-order valence-electron chi connectivity index (χ1n) is 9.43. The van der Waals surface area contributed by atoms with E-state index in [0.29, 0.717) is 31.0 Å². The molecule has 2 heterocycles. The molecule has 2 aromatic carbocycles. The number of nitrogens with zero attached hydrogens (tertiary/aromatic N) is 4. The Morgan fingerprint density at radius 1 is 1.14 bits per heavy atom. The monoisotopic (exact) mass is 381 g/mol. The predicted molar refractivity (Wildman–Crippen MR) is 109 cm³/mol. The minimum atomic E-state index is -0.303. The second-order valence-electron chi connectivity index (χ2n) is 7.37. The number of amides is 1. The first-order valence-corrected chi connectivity index (χ1v) is 9.43. The van der Waals surface area contributed by atoms with Crippen molar-refractivity contribution in [2.24, 2.45) is 0 Å². The van der Waals surface area contributed by atoms with Gasteiger partial charge in [0.1, 0.15) is 11.6 Å². The Morgan fingerprint density at radius 3 is 2.61 bits per heavy atom. The molecule has 1 aliphatic heterocycles. The Balaban J connectivity index is 1.52. The normalized spacial score (nSPS) is 14.9. The highest BCUT2D eigenvalue weighted by Crippen LogP contribution is 2.28. The number of carbonyl (C=O) groups is 1. The summed E-state index contributed by atoms with van der Waals surface area (Å²) in [5.74, 6) is 0.370. The van der Waals surface area contributed by atoms with E-state index in [9.17, 15) is 9.18 Å². The quantitative estimate of drug-likeness (QED) is 0.755. The number of hydrogen-bond donors (Lipinski definition) is 1. The number of aromatic nitrogens is 2. The number of benzene rings is 2.